The number of halogens is 3. The molecule has 0 unspecified atom stereocenters. The molecule has 0 aliphatic rings. The summed E-state index contributed by atoms with van der Waals surface area (Å²) < 4.78 is 40.4. The van der Waals surface area contributed by atoms with Gasteiger partial charge in [-0.3, -0.25) is 4.79 Å². The van der Waals surface area contributed by atoms with Crippen molar-refractivity contribution in [3.63, 3.8) is 0 Å². The molecule has 0 bridgehead atoms. The minimum Gasteiger partial charge on any atom is -0.305 e. The average Bonchev–Trinajstić information content (AvgIpc) is 3.35. The molecule has 0 radical (unpaired) electrons. The third-order valence-electron chi connectivity index (χ3n) is 3.99. The minimum atomic E-state index is -4.49. The number of nitrogens with one attached hydrogen (secondary N) is 1. The first kappa shape index (κ1) is 19.7. The van der Waals surface area contributed by atoms with Crippen molar-refractivity contribution < 1.29 is 18.0 Å². The summed E-state index contributed by atoms with van der Waals surface area (Å²) >= 11 is 1.21. The molecule has 30 heavy (non-hydrogen) atoms. The van der Waals surface area contributed by atoms with Crippen molar-refractivity contribution in [2.75, 3.05) is 5.32 Å². The molecule has 0 saturated heterocycles. The number of nitrogens with zero attached hydrogens (tertiary/aromatic N) is 5. The van der Waals surface area contributed by atoms with Crippen LogP contribution in [0.25, 0.3) is 16.5 Å². The molecule has 0 aliphatic carbocycles. The van der Waals surface area contributed by atoms with Gasteiger partial charge < -0.3 is 5.32 Å². The Balaban J connectivity index is 1.61. The molecule has 4 aromatic rings. The van der Waals surface area contributed by atoms with Gasteiger partial charge in [-0.25, -0.2) is 19.6 Å². The standard InChI is InChI=1S/C19H13F3N6OS/c1-11-8-15(28(27-11)13-5-2-4-12(9-13)19(20,21)22)26-17(29)14-10-30-18(25-14)16-23-6-3-7-24-16/h2-10H,1H3,(H,26,29). The number of hydrogen-bond donors (Lipinski definition) is 1. The Labute approximate surface area is 172 Å². The molecule has 0 spiro atoms. The lowest BCUT2D eigenvalue weighted by Crippen LogP contribution is -2.16. The maximum atomic E-state index is 13.0. The Morgan fingerprint density at radius 3 is 2.63 bits per heavy atom. The smallest absolute Gasteiger partial charge is 0.305 e. The van der Waals surface area contributed by atoms with E-state index < -0.39 is 17.6 Å². The number of hydrogen-bond acceptors (Lipinski definition) is 6. The van der Waals surface area contributed by atoms with E-state index in [1.165, 1.54) is 28.2 Å². The highest BCUT2D eigenvalue weighted by Crippen LogP contribution is 2.31. The predicted octanol–water partition coefficient (Wildman–Crippen LogP) is 4.37. The monoisotopic (exact) mass is 430 g/mol. The van der Waals surface area contributed by atoms with Gasteiger partial charge in [-0.2, -0.15) is 18.3 Å². The fourth-order valence-corrected chi connectivity index (χ4v) is 3.41. The molecular formula is C19H13F3N6OS. The van der Waals surface area contributed by atoms with Crippen LogP contribution in [-0.2, 0) is 6.18 Å². The quantitative estimate of drug-likeness (QED) is 0.520. The van der Waals surface area contributed by atoms with Crippen molar-refractivity contribution in [3.05, 3.63) is 71.1 Å². The van der Waals surface area contributed by atoms with E-state index in [9.17, 15) is 18.0 Å². The lowest BCUT2D eigenvalue weighted by atomic mass is 10.2. The molecule has 0 fully saturated rings. The van der Waals surface area contributed by atoms with Crippen molar-refractivity contribution in [2.24, 2.45) is 0 Å². The Morgan fingerprint density at radius 1 is 1.13 bits per heavy atom. The highest BCUT2D eigenvalue weighted by atomic mass is 32.1. The molecule has 1 aromatic carbocycles. The van der Waals surface area contributed by atoms with Crippen LogP contribution in [0, 0.1) is 6.92 Å². The summed E-state index contributed by atoms with van der Waals surface area (Å²) in [5, 5.41) is 8.88. The normalized spacial score (nSPS) is 11.5. The minimum absolute atomic E-state index is 0.136. The number of aromatic nitrogens is 5. The summed E-state index contributed by atoms with van der Waals surface area (Å²) in [5.41, 5.74) is 0.0265. The van der Waals surface area contributed by atoms with Crippen LogP contribution in [0.1, 0.15) is 21.7 Å². The maximum absolute atomic E-state index is 13.0. The second-order valence-electron chi connectivity index (χ2n) is 6.20. The first-order valence-electron chi connectivity index (χ1n) is 8.60. The number of amides is 1. The van der Waals surface area contributed by atoms with Crippen molar-refractivity contribution >= 4 is 23.1 Å². The molecule has 3 aromatic heterocycles. The van der Waals surface area contributed by atoms with Gasteiger partial charge in [-0.15, -0.1) is 11.3 Å². The van der Waals surface area contributed by atoms with Crippen LogP contribution in [-0.4, -0.2) is 30.6 Å². The third kappa shape index (κ3) is 4.06. The van der Waals surface area contributed by atoms with Gasteiger partial charge in [0.15, 0.2) is 10.8 Å². The second-order valence-corrected chi connectivity index (χ2v) is 7.05. The van der Waals surface area contributed by atoms with Crippen LogP contribution in [0.5, 0.6) is 0 Å². The first-order valence-corrected chi connectivity index (χ1v) is 9.48. The predicted molar refractivity (Wildman–Crippen MR) is 104 cm³/mol. The summed E-state index contributed by atoms with van der Waals surface area (Å²) in [6.45, 7) is 1.67. The topological polar surface area (TPSA) is 85.6 Å². The number of thiazole rings is 1. The van der Waals surface area contributed by atoms with Gasteiger partial charge in [0.05, 0.1) is 16.9 Å². The van der Waals surface area contributed by atoms with Crippen LogP contribution in [0.4, 0.5) is 19.0 Å². The van der Waals surface area contributed by atoms with Gasteiger partial charge in [0.25, 0.3) is 5.91 Å². The van der Waals surface area contributed by atoms with Gasteiger partial charge in [0.2, 0.25) is 0 Å². The molecule has 11 heteroatoms. The lowest BCUT2D eigenvalue weighted by Gasteiger charge is -2.11. The van der Waals surface area contributed by atoms with Crippen LogP contribution in [0.15, 0.2) is 54.2 Å². The molecule has 152 valence electrons. The molecule has 1 amide bonds. The highest BCUT2D eigenvalue weighted by molar-refractivity contribution is 7.13. The zero-order valence-corrected chi connectivity index (χ0v) is 16.2. The summed E-state index contributed by atoms with van der Waals surface area (Å²) in [4.78, 5) is 25.1. The Bertz CT molecular complexity index is 1200. The van der Waals surface area contributed by atoms with Crippen molar-refractivity contribution in [1.29, 1.82) is 0 Å². The van der Waals surface area contributed by atoms with Crippen LogP contribution in [0.3, 0.4) is 0 Å². The Kier molecular flexibility index (Phi) is 5.04. The van der Waals surface area contributed by atoms with Gasteiger partial charge in [0, 0.05) is 23.8 Å². The average molecular weight is 430 g/mol. The van der Waals surface area contributed by atoms with E-state index in [0.717, 1.165) is 12.1 Å². The Hall–Kier alpha value is -3.60. The summed E-state index contributed by atoms with van der Waals surface area (Å²) in [7, 11) is 0. The molecular weight excluding hydrogens is 417 g/mol. The van der Waals surface area contributed by atoms with E-state index in [-0.39, 0.29) is 17.2 Å². The molecule has 1 N–H and O–H groups in total. The largest absolute Gasteiger partial charge is 0.416 e. The number of rotatable bonds is 4. The van der Waals surface area contributed by atoms with E-state index in [0.29, 0.717) is 16.5 Å². The number of benzene rings is 1. The number of aryl methyl sites for hydroxylation is 1. The van der Waals surface area contributed by atoms with E-state index in [1.807, 2.05) is 0 Å². The summed E-state index contributed by atoms with van der Waals surface area (Å²) in [5.74, 6) is 0.0929. The van der Waals surface area contributed by atoms with Gasteiger partial charge >= 0.3 is 6.18 Å². The van der Waals surface area contributed by atoms with Crippen molar-refractivity contribution in [3.8, 4) is 16.5 Å². The molecule has 4 rings (SSSR count). The third-order valence-corrected chi connectivity index (χ3v) is 4.82. The summed E-state index contributed by atoms with van der Waals surface area (Å²) in [6.07, 6.45) is -1.35. The van der Waals surface area contributed by atoms with Crippen LogP contribution in [0.2, 0.25) is 0 Å². The fraction of sp³-hybridized carbons (Fsp3) is 0.105. The molecule has 3 heterocycles. The van der Waals surface area contributed by atoms with E-state index in [1.54, 1.807) is 36.8 Å². The maximum Gasteiger partial charge on any atom is 0.416 e. The molecule has 7 nitrogen and oxygen atoms in total. The molecule has 0 saturated carbocycles. The number of alkyl halides is 3. The molecule has 0 atom stereocenters. The zero-order chi connectivity index (χ0) is 21.3. The van der Waals surface area contributed by atoms with Gasteiger partial charge in [0.1, 0.15) is 11.5 Å². The van der Waals surface area contributed by atoms with Crippen molar-refractivity contribution in [2.45, 2.75) is 13.1 Å². The molecule has 0 aliphatic heterocycles. The Morgan fingerprint density at radius 2 is 1.90 bits per heavy atom. The van der Waals surface area contributed by atoms with Gasteiger partial charge in [-0.05, 0) is 31.2 Å². The van der Waals surface area contributed by atoms with E-state index >= 15 is 0 Å². The van der Waals surface area contributed by atoms with E-state index in [4.69, 9.17) is 0 Å². The van der Waals surface area contributed by atoms with Crippen LogP contribution >= 0.6 is 11.3 Å². The number of carbonyl (C=O) groups is 1. The van der Waals surface area contributed by atoms with Crippen LogP contribution < -0.4 is 5.32 Å². The highest BCUT2D eigenvalue weighted by Gasteiger charge is 2.30. The number of anilines is 1. The SMILES string of the molecule is Cc1cc(NC(=O)c2csc(-c3ncccn3)n2)n(-c2cccc(C(F)(F)F)c2)n1. The van der Waals surface area contributed by atoms with Crippen molar-refractivity contribution in [1.82, 2.24) is 24.7 Å². The number of carbonyl (C=O) groups excluding carboxylic acids is 1. The summed E-state index contributed by atoms with van der Waals surface area (Å²) in [6, 6.07) is 7.93. The zero-order valence-electron chi connectivity index (χ0n) is 15.4. The van der Waals surface area contributed by atoms with Gasteiger partial charge in [-0.1, -0.05) is 6.07 Å². The van der Waals surface area contributed by atoms with E-state index in [2.05, 4.69) is 25.4 Å². The fourth-order valence-electron chi connectivity index (χ4n) is 2.67. The second kappa shape index (κ2) is 7.67. The lowest BCUT2D eigenvalue weighted by molar-refractivity contribution is -0.137. The first-order chi connectivity index (χ1) is 14.3.